The summed E-state index contributed by atoms with van der Waals surface area (Å²) < 4.78 is 2.47. The van der Waals surface area contributed by atoms with Gasteiger partial charge in [-0.2, -0.15) is 0 Å². The maximum Gasteiger partial charge on any atom is 0.0753 e. The van der Waals surface area contributed by atoms with E-state index >= 15 is 0 Å². The minimum Gasteiger partial charge on any atom is -0.121 e. The van der Waals surface area contributed by atoms with Crippen LogP contribution in [-0.4, -0.2) is 0 Å². The predicted octanol–water partition coefficient (Wildman–Crippen LogP) is 6.15. The number of alkyl halides is 1. The van der Waals surface area contributed by atoms with Gasteiger partial charge in [0.2, 0.25) is 0 Å². The Bertz CT molecular complexity index is 348. The van der Waals surface area contributed by atoms with Crippen molar-refractivity contribution in [2.75, 3.05) is 0 Å². The van der Waals surface area contributed by atoms with Gasteiger partial charge in [0.25, 0.3) is 0 Å². The quantitative estimate of drug-likeness (QED) is 0.507. The van der Waals surface area contributed by atoms with E-state index in [1.54, 1.807) is 11.3 Å². The molecular formula is C11H13Br3S. The van der Waals surface area contributed by atoms with Gasteiger partial charge in [-0.05, 0) is 61.7 Å². The van der Waals surface area contributed by atoms with Crippen LogP contribution in [0.3, 0.4) is 0 Å². The zero-order valence-corrected chi connectivity index (χ0v) is 14.0. The van der Waals surface area contributed by atoms with E-state index < -0.39 is 0 Å². The van der Waals surface area contributed by atoms with Crippen LogP contribution in [-0.2, 0) is 0 Å². The summed E-state index contributed by atoms with van der Waals surface area (Å²) >= 11 is 12.8. The van der Waals surface area contributed by atoms with Gasteiger partial charge in [0.15, 0.2) is 0 Å². The molecule has 3 atom stereocenters. The monoisotopic (exact) mass is 414 g/mol. The van der Waals surface area contributed by atoms with Gasteiger partial charge >= 0.3 is 0 Å². The number of hydrogen-bond acceptors (Lipinski definition) is 1. The Morgan fingerprint density at radius 2 is 2.13 bits per heavy atom. The van der Waals surface area contributed by atoms with E-state index in [9.17, 15) is 0 Å². The molecule has 0 radical (unpaired) electrons. The second-order valence-corrected chi connectivity index (χ2v) is 8.99. The molecule has 1 fully saturated rings. The fourth-order valence-electron chi connectivity index (χ4n) is 2.38. The highest BCUT2D eigenvalue weighted by Crippen LogP contribution is 2.48. The minimum atomic E-state index is 0.506. The molecular weight excluding hydrogens is 404 g/mol. The van der Waals surface area contributed by atoms with E-state index in [-0.39, 0.29) is 0 Å². The molecule has 15 heavy (non-hydrogen) atoms. The van der Waals surface area contributed by atoms with Crippen molar-refractivity contribution in [3.8, 4) is 0 Å². The highest BCUT2D eigenvalue weighted by atomic mass is 79.9. The highest BCUT2D eigenvalue weighted by Gasteiger charge is 2.31. The van der Waals surface area contributed by atoms with E-state index in [0.717, 1.165) is 11.8 Å². The van der Waals surface area contributed by atoms with Crippen molar-refractivity contribution < 1.29 is 0 Å². The van der Waals surface area contributed by atoms with Gasteiger partial charge in [0, 0.05) is 4.83 Å². The molecule has 0 nitrogen and oxygen atoms in total. The van der Waals surface area contributed by atoms with Crippen molar-refractivity contribution in [1.82, 2.24) is 0 Å². The molecule has 1 aliphatic carbocycles. The average Bonchev–Trinajstić information content (AvgIpc) is 2.71. The van der Waals surface area contributed by atoms with Crippen molar-refractivity contribution in [2.24, 2.45) is 11.8 Å². The third-order valence-electron chi connectivity index (χ3n) is 3.28. The van der Waals surface area contributed by atoms with Gasteiger partial charge in [0.05, 0.1) is 7.57 Å². The fraction of sp³-hybridized carbons (Fsp3) is 0.636. The summed E-state index contributed by atoms with van der Waals surface area (Å²) in [5.41, 5.74) is 1.41. The van der Waals surface area contributed by atoms with E-state index in [1.807, 2.05) is 0 Å². The molecule has 4 heteroatoms. The Labute approximate surface area is 120 Å². The molecule has 84 valence electrons. The summed E-state index contributed by atoms with van der Waals surface area (Å²) in [5, 5.41) is 0. The molecule has 0 saturated heterocycles. The molecule has 1 heterocycles. The normalized spacial score (nSPS) is 28.3. The first-order valence-electron chi connectivity index (χ1n) is 5.18. The summed E-state index contributed by atoms with van der Waals surface area (Å²) in [6, 6.07) is 2.24. The van der Waals surface area contributed by atoms with Crippen molar-refractivity contribution in [2.45, 2.75) is 31.0 Å². The van der Waals surface area contributed by atoms with E-state index in [1.165, 1.54) is 32.4 Å². The van der Waals surface area contributed by atoms with Crippen LogP contribution < -0.4 is 0 Å². The molecule has 1 aromatic heterocycles. The summed E-state index contributed by atoms with van der Waals surface area (Å²) in [5.74, 6) is 1.64. The Kier molecular flexibility index (Phi) is 4.36. The summed E-state index contributed by atoms with van der Waals surface area (Å²) in [7, 11) is 0. The molecule has 1 aromatic rings. The Balaban J connectivity index is 2.19. The Morgan fingerprint density at radius 3 is 2.60 bits per heavy atom. The predicted molar refractivity (Wildman–Crippen MR) is 77.9 cm³/mol. The van der Waals surface area contributed by atoms with Gasteiger partial charge in [-0.15, -0.1) is 11.3 Å². The second kappa shape index (κ2) is 5.19. The third kappa shape index (κ3) is 2.70. The van der Waals surface area contributed by atoms with Crippen LogP contribution in [0.2, 0.25) is 0 Å². The lowest BCUT2D eigenvalue weighted by Gasteiger charge is -2.21. The first-order valence-corrected chi connectivity index (χ1v) is 8.50. The maximum absolute atomic E-state index is 3.87. The van der Waals surface area contributed by atoms with Gasteiger partial charge in [-0.1, -0.05) is 35.7 Å². The second-order valence-electron chi connectivity index (χ2n) is 4.25. The molecule has 0 aromatic carbocycles. The van der Waals surface area contributed by atoms with E-state index in [2.05, 4.69) is 60.8 Å². The maximum atomic E-state index is 3.87. The SMILES string of the molecule is CC1CCCC1C(Br)c1cc(Br)sc1Br. The molecule has 1 saturated carbocycles. The van der Waals surface area contributed by atoms with E-state index in [4.69, 9.17) is 0 Å². The largest absolute Gasteiger partial charge is 0.121 e. The van der Waals surface area contributed by atoms with Crippen LogP contribution in [0.25, 0.3) is 0 Å². The lowest BCUT2D eigenvalue weighted by atomic mass is 9.92. The van der Waals surface area contributed by atoms with Crippen molar-refractivity contribution in [3.63, 3.8) is 0 Å². The first kappa shape index (κ1) is 12.6. The van der Waals surface area contributed by atoms with Gasteiger partial charge in [0.1, 0.15) is 0 Å². The van der Waals surface area contributed by atoms with Crippen molar-refractivity contribution in [1.29, 1.82) is 0 Å². The van der Waals surface area contributed by atoms with Crippen LogP contribution in [0, 0.1) is 11.8 Å². The average molecular weight is 417 g/mol. The number of halogens is 3. The van der Waals surface area contributed by atoms with Gasteiger partial charge < -0.3 is 0 Å². The zero-order valence-electron chi connectivity index (χ0n) is 8.47. The van der Waals surface area contributed by atoms with Crippen LogP contribution in [0.15, 0.2) is 13.6 Å². The van der Waals surface area contributed by atoms with Gasteiger partial charge in [-0.3, -0.25) is 0 Å². The third-order valence-corrected chi connectivity index (χ3v) is 6.84. The Hall–Kier alpha value is 1.14. The highest BCUT2D eigenvalue weighted by molar-refractivity contribution is 9.12. The molecule has 1 aliphatic rings. The van der Waals surface area contributed by atoms with Crippen LogP contribution in [0.5, 0.6) is 0 Å². The molecule has 0 spiro atoms. The lowest BCUT2D eigenvalue weighted by Crippen LogP contribution is -2.10. The van der Waals surface area contributed by atoms with Gasteiger partial charge in [-0.25, -0.2) is 0 Å². The molecule has 0 aliphatic heterocycles. The van der Waals surface area contributed by atoms with Crippen LogP contribution in [0.1, 0.15) is 36.6 Å². The first-order chi connectivity index (χ1) is 7.09. The number of thiophene rings is 1. The smallest absolute Gasteiger partial charge is 0.0753 e. The summed E-state index contributed by atoms with van der Waals surface area (Å²) in [6.07, 6.45) is 4.13. The van der Waals surface area contributed by atoms with Crippen LogP contribution >= 0.6 is 59.1 Å². The summed E-state index contributed by atoms with van der Waals surface area (Å²) in [6.45, 7) is 2.38. The van der Waals surface area contributed by atoms with E-state index in [0.29, 0.717) is 4.83 Å². The molecule has 0 amide bonds. The molecule has 3 unspecified atom stereocenters. The molecule has 0 bridgehead atoms. The van der Waals surface area contributed by atoms with Crippen molar-refractivity contribution >= 4 is 59.1 Å². The number of hydrogen-bond donors (Lipinski definition) is 0. The fourth-order valence-corrected chi connectivity index (χ4v) is 6.91. The number of rotatable bonds is 2. The molecule has 2 rings (SSSR count). The topological polar surface area (TPSA) is 0 Å². The lowest BCUT2D eigenvalue weighted by molar-refractivity contribution is 0.414. The standard InChI is InChI=1S/C11H13Br3S/c1-6-3-2-4-7(6)10(13)8-5-9(12)15-11(8)14/h5-7,10H,2-4H2,1H3. The van der Waals surface area contributed by atoms with Crippen molar-refractivity contribution in [3.05, 3.63) is 19.2 Å². The minimum absolute atomic E-state index is 0.506. The summed E-state index contributed by atoms with van der Waals surface area (Å²) in [4.78, 5) is 0.506. The molecule has 0 N–H and O–H groups in total. The zero-order chi connectivity index (χ0) is 11.0. The Morgan fingerprint density at radius 1 is 1.40 bits per heavy atom. The van der Waals surface area contributed by atoms with Crippen LogP contribution in [0.4, 0.5) is 0 Å².